The average molecular weight is 493 g/mol. The molecule has 4 rings (SSSR count). The molecule has 1 aliphatic rings. The number of rotatable bonds is 7. The summed E-state index contributed by atoms with van der Waals surface area (Å²) < 4.78 is 5.78. The van der Waals surface area contributed by atoms with Crippen molar-refractivity contribution in [1.82, 2.24) is 15.2 Å². The van der Waals surface area contributed by atoms with Gasteiger partial charge in [-0.3, -0.25) is 9.69 Å². The van der Waals surface area contributed by atoms with E-state index in [1.54, 1.807) is 24.4 Å². The van der Waals surface area contributed by atoms with Gasteiger partial charge in [0.1, 0.15) is 0 Å². The lowest BCUT2D eigenvalue weighted by Gasteiger charge is -2.32. The highest BCUT2D eigenvalue weighted by Crippen LogP contribution is 2.30. The van der Waals surface area contributed by atoms with E-state index in [0.717, 1.165) is 43.1 Å². The molecule has 0 bridgehead atoms. The first-order chi connectivity index (χ1) is 15.5. The molecule has 0 unspecified atom stereocenters. The number of nitrogens with one attached hydrogen (secondary N) is 1. The van der Waals surface area contributed by atoms with Gasteiger partial charge >= 0.3 is 0 Å². The van der Waals surface area contributed by atoms with Gasteiger partial charge in [-0.05, 0) is 48.7 Å². The predicted octanol–water partition coefficient (Wildman–Crippen LogP) is 6.02. The Morgan fingerprint density at radius 3 is 2.50 bits per heavy atom. The molecular weight excluding hydrogens is 469 g/mol. The minimum Gasteiger partial charge on any atom is -0.441 e. The van der Waals surface area contributed by atoms with Crippen LogP contribution in [0.4, 0.5) is 0 Å². The summed E-state index contributed by atoms with van der Waals surface area (Å²) in [5.41, 5.74) is 1.98. The molecule has 1 fully saturated rings. The number of aryl methyl sites for hydroxylation is 1. The molecule has 8 heteroatoms. The van der Waals surface area contributed by atoms with Crippen LogP contribution in [0.5, 0.6) is 0 Å². The highest BCUT2D eigenvalue weighted by molar-refractivity contribution is 6.36. The SMILES string of the molecule is O=C(CCc1ncc(-c2ccc(Cl)cc2Cl)o1)NC1CCN(Cc2ccc(Cl)cc2)CC1. The van der Waals surface area contributed by atoms with Gasteiger partial charge < -0.3 is 9.73 Å². The number of piperidine rings is 1. The van der Waals surface area contributed by atoms with Crippen LogP contribution in [0.25, 0.3) is 11.3 Å². The van der Waals surface area contributed by atoms with E-state index in [0.29, 0.717) is 34.5 Å². The van der Waals surface area contributed by atoms with E-state index in [4.69, 9.17) is 39.2 Å². The number of nitrogens with zero attached hydrogens (tertiary/aromatic N) is 2. The van der Waals surface area contributed by atoms with Gasteiger partial charge in [-0.25, -0.2) is 4.98 Å². The zero-order valence-electron chi connectivity index (χ0n) is 17.5. The molecule has 2 aromatic carbocycles. The van der Waals surface area contributed by atoms with Gasteiger partial charge in [0.25, 0.3) is 0 Å². The normalized spacial score (nSPS) is 15.1. The quantitative estimate of drug-likeness (QED) is 0.438. The third-order valence-corrected chi connectivity index (χ3v) is 6.39. The average Bonchev–Trinajstić information content (AvgIpc) is 3.24. The van der Waals surface area contributed by atoms with E-state index >= 15 is 0 Å². The number of aromatic nitrogens is 1. The van der Waals surface area contributed by atoms with Crippen molar-refractivity contribution in [2.45, 2.75) is 38.3 Å². The van der Waals surface area contributed by atoms with Crippen molar-refractivity contribution in [2.24, 2.45) is 0 Å². The van der Waals surface area contributed by atoms with Crippen LogP contribution in [-0.4, -0.2) is 34.9 Å². The summed E-state index contributed by atoms with van der Waals surface area (Å²) >= 11 is 18.1. The van der Waals surface area contributed by atoms with E-state index in [2.05, 4.69) is 27.3 Å². The maximum absolute atomic E-state index is 12.4. The summed E-state index contributed by atoms with van der Waals surface area (Å²) in [7, 11) is 0. The lowest BCUT2D eigenvalue weighted by Crippen LogP contribution is -2.44. The third kappa shape index (κ3) is 6.26. The summed E-state index contributed by atoms with van der Waals surface area (Å²) in [6.45, 7) is 2.82. The van der Waals surface area contributed by atoms with Gasteiger partial charge in [-0.15, -0.1) is 0 Å². The highest BCUT2D eigenvalue weighted by Gasteiger charge is 2.21. The number of benzene rings is 2. The Labute approximate surface area is 202 Å². The maximum Gasteiger partial charge on any atom is 0.220 e. The number of amides is 1. The second-order valence-corrected chi connectivity index (χ2v) is 9.27. The highest BCUT2D eigenvalue weighted by atomic mass is 35.5. The Morgan fingerprint density at radius 2 is 1.78 bits per heavy atom. The second kappa shape index (κ2) is 10.7. The Balaban J connectivity index is 1.20. The molecule has 32 heavy (non-hydrogen) atoms. The summed E-state index contributed by atoms with van der Waals surface area (Å²) in [4.78, 5) is 19.1. The molecule has 0 radical (unpaired) electrons. The van der Waals surface area contributed by atoms with Crippen molar-refractivity contribution in [1.29, 1.82) is 0 Å². The van der Waals surface area contributed by atoms with Gasteiger partial charge in [-0.2, -0.15) is 0 Å². The van der Waals surface area contributed by atoms with Gasteiger partial charge in [0.2, 0.25) is 5.91 Å². The van der Waals surface area contributed by atoms with Crippen molar-refractivity contribution in [3.8, 4) is 11.3 Å². The zero-order chi connectivity index (χ0) is 22.5. The molecule has 1 amide bonds. The van der Waals surface area contributed by atoms with E-state index in [1.165, 1.54) is 5.56 Å². The van der Waals surface area contributed by atoms with Crippen molar-refractivity contribution in [2.75, 3.05) is 13.1 Å². The number of hydrogen-bond acceptors (Lipinski definition) is 4. The topological polar surface area (TPSA) is 58.4 Å². The van der Waals surface area contributed by atoms with Crippen molar-refractivity contribution < 1.29 is 9.21 Å². The van der Waals surface area contributed by atoms with E-state index in [1.807, 2.05) is 12.1 Å². The monoisotopic (exact) mass is 491 g/mol. The third-order valence-electron chi connectivity index (χ3n) is 5.59. The molecule has 0 atom stereocenters. The lowest BCUT2D eigenvalue weighted by molar-refractivity contribution is -0.122. The molecule has 3 aromatic rings. The van der Waals surface area contributed by atoms with Gasteiger partial charge in [0, 0.05) is 54.1 Å². The van der Waals surface area contributed by atoms with Crippen LogP contribution in [0.15, 0.2) is 53.1 Å². The molecule has 1 saturated heterocycles. The van der Waals surface area contributed by atoms with Crippen molar-refractivity contribution in [3.63, 3.8) is 0 Å². The van der Waals surface area contributed by atoms with Crippen LogP contribution in [0.2, 0.25) is 15.1 Å². The Hall–Kier alpha value is -2.05. The molecule has 1 aromatic heterocycles. The number of carbonyl (C=O) groups excluding carboxylic acids is 1. The van der Waals surface area contributed by atoms with Crippen LogP contribution in [0.1, 0.15) is 30.7 Å². The number of likely N-dealkylation sites (tertiary alicyclic amines) is 1. The van der Waals surface area contributed by atoms with Crippen LogP contribution in [-0.2, 0) is 17.8 Å². The fourth-order valence-corrected chi connectivity index (χ4v) is 4.47. The molecule has 0 saturated carbocycles. The first-order valence-electron chi connectivity index (χ1n) is 10.6. The van der Waals surface area contributed by atoms with E-state index in [-0.39, 0.29) is 11.9 Å². The lowest BCUT2D eigenvalue weighted by atomic mass is 10.0. The first kappa shape index (κ1) is 23.1. The maximum atomic E-state index is 12.4. The number of carbonyl (C=O) groups is 1. The molecule has 0 aliphatic carbocycles. The van der Waals surface area contributed by atoms with Crippen LogP contribution >= 0.6 is 34.8 Å². The van der Waals surface area contributed by atoms with Gasteiger partial charge in [-0.1, -0.05) is 46.9 Å². The predicted molar refractivity (Wildman–Crippen MR) is 128 cm³/mol. The summed E-state index contributed by atoms with van der Waals surface area (Å²) in [5, 5.41) is 4.96. The van der Waals surface area contributed by atoms with Gasteiger partial charge in [0.15, 0.2) is 11.7 Å². The first-order valence-corrected chi connectivity index (χ1v) is 11.8. The number of halogens is 3. The second-order valence-electron chi connectivity index (χ2n) is 7.99. The standard InChI is InChI=1S/C24H24Cl3N3O2/c25-17-3-1-16(2-4-17)15-30-11-9-19(10-12-30)29-23(31)7-8-24-28-14-22(32-24)20-6-5-18(26)13-21(20)27/h1-6,13-14,19H,7-12,15H2,(H,29,31). The summed E-state index contributed by atoms with van der Waals surface area (Å²) in [6, 6.07) is 13.4. The minimum atomic E-state index is 0.0189. The van der Waals surface area contributed by atoms with Crippen LogP contribution in [0, 0.1) is 0 Å². The number of oxazole rings is 1. The molecule has 2 heterocycles. The molecule has 168 valence electrons. The fourth-order valence-electron chi connectivity index (χ4n) is 3.84. The largest absolute Gasteiger partial charge is 0.441 e. The molecular formula is C24H24Cl3N3O2. The number of hydrogen-bond donors (Lipinski definition) is 1. The Morgan fingerprint density at radius 1 is 1.06 bits per heavy atom. The van der Waals surface area contributed by atoms with Crippen LogP contribution in [0.3, 0.4) is 0 Å². The molecule has 1 aliphatic heterocycles. The smallest absolute Gasteiger partial charge is 0.220 e. The zero-order valence-corrected chi connectivity index (χ0v) is 19.8. The summed E-state index contributed by atoms with van der Waals surface area (Å²) in [5.74, 6) is 1.10. The summed E-state index contributed by atoms with van der Waals surface area (Å²) in [6.07, 6.45) is 4.28. The van der Waals surface area contributed by atoms with Crippen molar-refractivity contribution >= 4 is 40.7 Å². The molecule has 5 nitrogen and oxygen atoms in total. The Bertz CT molecular complexity index is 1060. The van der Waals surface area contributed by atoms with Crippen molar-refractivity contribution in [3.05, 3.63) is 75.2 Å². The van der Waals surface area contributed by atoms with Crippen LogP contribution < -0.4 is 5.32 Å². The Kier molecular flexibility index (Phi) is 7.74. The molecule has 1 N–H and O–H groups in total. The fraction of sp³-hybridized carbons (Fsp3) is 0.333. The van der Waals surface area contributed by atoms with E-state index < -0.39 is 0 Å². The van der Waals surface area contributed by atoms with Gasteiger partial charge in [0.05, 0.1) is 11.2 Å². The minimum absolute atomic E-state index is 0.0189. The molecule has 0 spiro atoms. The van der Waals surface area contributed by atoms with E-state index in [9.17, 15) is 4.79 Å².